The van der Waals surface area contributed by atoms with Crippen LogP contribution in [0.1, 0.15) is 20.2 Å². The third-order valence-corrected chi connectivity index (χ3v) is 8.74. The molecule has 0 aliphatic carbocycles. The molecule has 1 aromatic carbocycles. The summed E-state index contributed by atoms with van der Waals surface area (Å²) in [6, 6.07) is 5.48. The monoisotopic (exact) mass is 421 g/mol. The van der Waals surface area contributed by atoms with E-state index in [4.69, 9.17) is 0 Å². The second kappa shape index (κ2) is 6.20. The molecule has 2 aromatic heterocycles. The maximum atomic E-state index is 13.0. The summed E-state index contributed by atoms with van der Waals surface area (Å²) in [6.45, 7) is 3.68. The molecule has 0 spiro atoms. The molecule has 1 N–H and O–H groups in total. The first-order valence-electron chi connectivity index (χ1n) is 8.00. The molecule has 1 aliphatic rings. The number of amides is 1. The predicted octanol–water partition coefficient (Wildman–Crippen LogP) is 2.80. The third-order valence-electron chi connectivity index (χ3n) is 4.53. The Bertz CT molecular complexity index is 1190. The lowest BCUT2D eigenvalue weighted by Gasteiger charge is -2.29. The largest absolute Gasteiger partial charge is 0.300 e. The predicted molar refractivity (Wildman–Crippen MR) is 105 cm³/mol. The van der Waals surface area contributed by atoms with Crippen LogP contribution < -0.4 is 5.32 Å². The molecule has 1 unspecified atom stereocenters. The van der Waals surface area contributed by atoms with Gasteiger partial charge >= 0.3 is 0 Å². The normalized spacial score (nSPS) is 19.2. The molecule has 7 nitrogen and oxygen atoms in total. The molecule has 10 heteroatoms. The molecule has 27 heavy (non-hydrogen) atoms. The summed E-state index contributed by atoms with van der Waals surface area (Å²) in [6.07, 6.45) is 0. The zero-order valence-electron chi connectivity index (χ0n) is 14.6. The number of nitrogens with one attached hydrogen (secondary N) is 1. The Labute approximate surface area is 163 Å². The van der Waals surface area contributed by atoms with Crippen molar-refractivity contribution in [1.82, 2.24) is 9.29 Å². The van der Waals surface area contributed by atoms with Crippen LogP contribution in [0.25, 0.3) is 10.1 Å². The fourth-order valence-corrected chi connectivity index (χ4v) is 6.93. The van der Waals surface area contributed by atoms with E-state index in [1.807, 2.05) is 13.8 Å². The Kier molecular flexibility index (Phi) is 4.18. The Hall–Kier alpha value is -2.14. The average molecular weight is 422 g/mol. The van der Waals surface area contributed by atoms with Crippen LogP contribution in [0.3, 0.4) is 0 Å². The number of fused-ring (bicyclic) bond motifs is 3. The zero-order valence-corrected chi connectivity index (χ0v) is 17.1. The number of Topliss-reactive ketones (excluding diaryl/α,β-unsaturated/α-hetero) is 1. The summed E-state index contributed by atoms with van der Waals surface area (Å²) >= 11 is 2.38. The highest BCUT2D eigenvalue weighted by Gasteiger charge is 2.47. The minimum atomic E-state index is -3.98. The number of sulfonamides is 1. The van der Waals surface area contributed by atoms with Gasteiger partial charge in [-0.05, 0) is 19.9 Å². The topological polar surface area (TPSA) is 96.4 Å². The van der Waals surface area contributed by atoms with Gasteiger partial charge in [-0.15, -0.1) is 22.7 Å². The molecule has 4 rings (SSSR count). The Balaban J connectivity index is 1.79. The highest BCUT2D eigenvalue weighted by Crippen LogP contribution is 2.41. The maximum absolute atomic E-state index is 13.0. The lowest BCUT2D eigenvalue weighted by molar-refractivity contribution is -0.118. The fraction of sp³-hybridized carbons (Fsp3) is 0.235. The second-order valence-electron chi connectivity index (χ2n) is 6.19. The molecule has 0 bridgehead atoms. The van der Waals surface area contributed by atoms with Crippen LogP contribution in [0, 0.1) is 13.8 Å². The van der Waals surface area contributed by atoms with Crippen LogP contribution in [0.15, 0.2) is 29.2 Å². The molecule has 3 aromatic rings. The number of aromatic nitrogens is 1. The van der Waals surface area contributed by atoms with Gasteiger partial charge in [0.05, 0.1) is 10.6 Å². The summed E-state index contributed by atoms with van der Waals surface area (Å²) in [4.78, 5) is 31.0. The number of ketones is 1. The number of benzene rings is 1. The van der Waals surface area contributed by atoms with Crippen molar-refractivity contribution in [3.8, 4) is 0 Å². The van der Waals surface area contributed by atoms with Gasteiger partial charge in [0.2, 0.25) is 15.8 Å². The minimum Gasteiger partial charge on any atom is -0.300 e. The van der Waals surface area contributed by atoms with Gasteiger partial charge in [0.15, 0.2) is 11.2 Å². The summed E-state index contributed by atoms with van der Waals surface area (Å²) in [7, 11) is -2.73. The third kappa shape index (κ3) is 2.71. The van der Waals surface area contributed by atoms with E-state index < -0.39 is 27.8 Å². The smallest absolute Gasteiger partial charge is 0.252 e. The number of thiazole rings is 1. The van der Waals surface area contributed by atoms with Crippen molar-refractivity contribution in [1.29, 1.82) is 0 Å². The molecule has 1 atom stereocenters. The van der Waals surface area contributed by atoms with E-state index in [0.29, 0.717) is 15.2 Å². The van der Waals surface area contributed by atoms with Gasteiger partial charge in [0, 0.05) is 22.0 Å². The molecule has 0 radical (unpaired) electrons. The molecule has 1 amide bonds. The lowest BCUT2D eigenvalue weighted by Crippen LogP contribution is -2.52. The van der Waals surface area contributed by atoms with E-state index in [-0.39, 0.29) is 9.77 Å². The number of hydrogen-bond donors (Lipinski definition) is 1. The summed E-state index contributed by atoms with van der Waals surface area (Å²) in [5.41, 5.74) is 0.776. The Morgan fingerprint density at radius 3 is 2.59 bits per heavy atom. The molecule has 0 saturated heterocycles. The first-order valence-corrected chi connectivity index (χ1v) is 11.1. The number of rotatable bonds is 2. The number of nitrogens with zero attached hydrogens (tertiary/aromatic N) is 2. The van der Waals surface area contributed by atoms with Gasteiger partial charge in [0.25, 0.3) is 5.91 Å². The maximum Gasteiger partial charge on any atom is 0.252 e. The van der Waals surface area contributed by atoms with Crippen LogP contribution in [-0.2, 0) is 14.8 Å². The lowest BCUT2D eigenvalue weighted by atomic mass is 10.1. The van der Waals surface area contributed by atoms with E-state index in [1.165, 1.54) is 18.4 Å². The number of carbonyl (C=O) groups is 2. The Morgan fingerprint density at radius 2 is 1.93 bits per heavy atom. The van der Waals surface area contributed by atoms with Gasteiger partial charge in [0.1, 0.15) is 4.90 Å². The highest BCUT2D eigenvalue weighted by molar-refractivity contribution is 7.89. The molecular weight excluding hydrogens is 406 g/mol. The van der Waals surface area contributed by atoms with Crippen molar-refractivity contribution in [2.24, 2.45) is 0 Å². The molecule has 0 fully saturated rings. The van der Waals surface area contributed by atoms with Crippen LogP contribution in [0.2, 0.25) is 0 Å². The zero-order chi connectivity index (χ0) is 19.5. The number of hydrogen-bond acceptors (Lipinski definition) is 7. The number of aryl methyl sites for hydroxylation is 2. The van der Waals surface area contributed by atoms with Crippen molar-refractivity contribution in [3.63, 3.8) is 0 Å². The fourth-order valence-electron chi connectivity index (χ4n) is 3.00. The molecule has 0 saturated carbocycles. The minimum absolute atomic E-state index is 0.0133. The van der Waals surface area contributed by atoms with E-state index in [2.05, 4.69) is 10.3 Å². The van der Waals surface area contributed by atoms with Crippen LogP contribution in [0.4, 0.5) is 5.13 Å². The number of anilines is 1. The van der Waals surface area contributed by atoms with Crippen molar-refractivity contribution in [3.05, 3.63) is 39.7 Å². The molecule has 140 valence electrons. The highest BCUT2D eigenvalue weighted by atomic mass is 32.2. The van der Waals surface area contributed by atoms with Crippen molar-refractivity contribution in [2.45, 2.75) is 24.8 Å². The van der Waals surface area contributed by atoms with E-state index >= 15 is 0 Å². The van der Waals surface area contributed by atoms with Gasteiger partial charge in [-0.1, -0.05) is 18.2 Å². The van der Waals surface area contributed by atoms with E-state index in [1.54, 1.807) is 24.3 Å². The number of thiophene rings is 1. The van der Waals surface area contributed by atoms with Crippen molar-refractivity contribution < 1.29 is 18.0 Å². The number of carbonyl (C=O) groups excluding carboxylic acids is 2. The quantitative estimate of drug-likeness (QED) is 0.642. The van der Waals surface area contributed by atoms with Crippen LogP contribution in [-0.4, -0.2) is 42.5 Å². The van der Waals surface area contributed by atoms with E-state index in [9.17, 15) is 18.0 Å². The van der Waals surface area contributed by atoms with Gasteiger partial charge in [-0.25, -0.2) is 13.4 Å². The summed E-state index contributed by atoms with van der Waals surface area (Å²) < 4.78 is 27.6. The molecule has 1 aliphatic heterocycles. The first-order chi connectivity index (χ1) is 12.7. The first kappa shape index (κ1) is 18.2. The summed E-state index contributed by atoms with van der Waals surface area (Å²) in [5, 5.41) is 3.43. The second-order valence-corrected chi connectivity index (χ2v) is 10.4. The van der Waals surface area contributed by atoms with Gasteiger partial charge in [-0.2, -0.15) is 4.31 Å². The van der Waals surface area contributed by atoms with Crippen molar-refractivity contribution in [2.75, 3.05) is 12.4 Å². The SMILES string of the molecule is Cc1nc(NC(=O)C2C(=O)c3sc4ccccc4c3S(=O)(=O)N2C)sc1C. The average Bonchev–Trinajstić information content (AvgIpc) is 3.14. The summed E-state index contributed by atoms with van der Waals surface area (Å²) in [5.74, 6) is -1.23. The van der Waals surface area contributed by atoms with Crippen LogP contribution in [0.5, 0.6) is 0 Å². The molecular formula is C17H15N3O4S3. The standard InChI is InChI=1S/C17H15N3O4S3/c1-8-9(2)25-17(18-8)19-16(22)12-13(21)14-15(27(23,24)20(12)3)10-6-4-5-7-11(10)26-14/h4-7,12H,1-3H3,(H,18,19,22). The van der Waals surface area contributed by atoms with Gasteiger partial charge < -0.3 is 5.32 Å². The van der Waals surface area contributed by atoms with Crippen molar-refractivity contribution >= 4 is 59.6 Å². The van der Waals surface area contributed by atoms with Gasteiger partial charge in [-0.3, -0.25) is 9.59 Å². The van der Waals surface area contributed by atoms with Crippen LogP contribution >= 0.6 is 22.7 Å². The molecule has 3 heterocycles. The Morgan fingerprint density at radius 1 is 1.22 bits per heavy atom. The van der Waals surface area contributed by atoms with E-state index in [0.717, 1.165) is 26.2 Å². The number of likely N-dealkylation sites (N-methyl/N-ethyl adjacent to an activating group) is 1.